The van der Waals surface area contributed by atoms with E-state index in [4.69, 9.17) is 0 Å². The van der Waals surface area contributed by atoms with Gasteiger partial charge in [-0.1, -0.05) is 13.3 Å². The Morgan fingerprint density at radius 2 is 2.00 bits per heavy atom. The fourth-order valence-electron chi connectivity index (χ4n) is 4.54. The minimum Gasteiger partial charge on any atom is -0.393 e. The van der Waals surface area contributed by atoms with Gasteiger partial charge in [0, 0.05) is 0 Å². The molecule has 0 aromatic heterocycles. The van der Waals surface area contributed by atoms with Crippen molar-refractivity contribution >= 4 is 0 Å². The zero-order valence-electron chi connectivity index (χ0n) is 9.58. The van der Waals surface area contributed by atoms with Crippen molar-refractivity contribution < 1.29 is 10.2 Å². The summed E-state index contributed by atoms with van der Waals surface area (Å²) in [5.41, 5.74) is -0.239. The van der Waals surface area contributed by atoms with E-state index in [9.17, 15) is 10.2 Å². The van der Waals surface area contributed by atoms with Crippen LogP contribution in [0.25, 0.3) is 0 Å². The second-order valence-corrected chi connectivity index (χ2v) is 6.56. The van der Waals surface area contributed by atoms with Crippen molar-refractivity contribution in [2.75, 3.05) is 0 Å². The third-order valence-corrected chi connectivity index (χ3v) is 5.34. The van der Waals surface area contributed by atoms with E-state index < -0.39 is 5.60 Å². The molecule has 86 valence electrons. The van der Waals surface area contributed by atoms with E-state index in [1.165, 1.54) is 6.42 Å². The van der Waals surface area contributed by atoms with E-state index in [0.29, 0.717) is 11.8 Å². The van der Waals surface area contributed by atoms with Crippen molar-refractivity contribution in [2.45, 2.75) is 63.6 Å². The Hall–Kier alpha value is -0.0800. The maximum Gasteiger partial charge on any atom is 0.0684 e. The monoisotopic (exact) mass is 210 g/mol. The maximum atomic E-state index is 10.7. The molecule has 3 fully saturated rings. The number of hydrogen-bond donors (Lipinski definition) is 2. The molecule has 3 aliphatic carbocycles. The number of hydrogen-bond acceptors (Lipinski definition) is 2. The predicted molar refractivity (Wildman–Crippen MR) is 58.4 cm³/mol. The van der Waals surface area contributed by atoms with Gasteiger partial charge in [-0.25, -0.2) is 0 Å². The number of rotatable bonds is 0. The van der Waals surface area contributed by atoms with Crippen LogP contribution in [-0.4, -0.2) is 21.9 Å². The molecule has 3 rings (SSSR count). The first-order chi connectivity index (χ1) is 7.03. The molecular formula is C13H22O2. The highest BCUT2D eigenvalue weighted by atomic mass is 16.3. The number of aliphatic hydroxyl groups excluding tert-OH is 1. The summed E-state index contributed by atoms with van der Waals surface area (Å²) in [7, 11) is 0. The molecule has 0 radical (unpaired) electrons. The first kappa shape index (κ1) is 10.1. The highest BCUT2D eigenvalue weighted by Gasteiger charge is 2.56. The lowest BCUT2D eigenvalue weighted by atomic mass is 9.59. The summed E-state index contributed by atoms with van der Waals surface area (Å²) in [6.45, 7) is 2.26. The quantitative estimate of drug-likeness (QED) is 0.642. The van der Waals surface area contributed by atoms with E-state index in [-0.39, 0.29) is 11.5 Å². The Balaban J connectivity index is 1.95. The number of fused-ring (bicyclic) bond motifs is 4. The summed E-state index contributed by atoms with van der Waals surface area (Å²) in [5.74, 6) is 0.796. The van der Waals surface area contributed by atoms with Crippen LogP contribution in [0.2, 0.25) is 0 Å². The summed E-state index contributed by atoms with van der Waals surface area (Å²) in [6.07, 6.45) is 7.25. The van der Waals surface area contributed by atoms with Gasteiger partial charge in [0.1, 0.15) is 0 Å². The molecule has 15 heavy (non-hydrogen) atoms. The minimum atomic E-state index is -0.437. The lowest BCUT2D eigenvalue weighted by Gasteiger charge is -2.49. The van der Waals surface area contributed by atoms with Gasteiger partial charge in [-0.2, -0.15) is 0 Å². The molecule has 5 unspecified atom stereocenters. The lowest BCUT2D eigenvalue weighted by Crippen LogP contribution is -2.50. The molecule has 0 spiro atoms. The zero-order chi connectivity index (χ0) is 10.7. The molecule has 0 aromatic carbocycles. The topological polar surface area (TPSA) is 40.5 Å². The first-order valence-corrected chi connectivity index (χ1v) is 6.43. The average Bonchev–Trinajstić information content (AvgIpc) is 1.99. The Kier molecular flexibility index (Phi) is 2.01. The van der Waals surface area contributed by atoms with Gasteiger partial charge < -0.3 is 10.2 Å². The van der Waals surface area contributed by atoms with Gasteiger partial charge >= 0.3 is 0 Å². The highest BCUT2D eigenvalue weighted by Crippen LogP contribution is 2.58. The molecule has 0 aromatic rings. The van der Waals surface area contributed by atoms with Crippen LogP contribution in [-0.2, 0) is 0 Å². The molecule has 3 aliphatic rings. The molecule has 2 bridgehead atoms. The largest absolute Gasteiger partial charge is 0.393 e. The van der Waals surface area contributed by atoms with Crippen molar-refractivity contribution in [3.05, 3.63) is 0 Å². The van der Waals surface area contributed by atoms with E-state index >= 15 is 0 Å². The highest BCUT2D eigenvalue weighted by molar-refractivity contribution is 5.07. The Bertz CT molecular complexity index is 278. The Labute approximate surface area is 91.7 Å². The number of aliphatic hydroxyl groups is 2. The zero-order valence-corrected chi connectivity index (χ0v) is 9.58. The van der Waals surface area contributed by atoms with Gasteiger partial charge in [0.05, 0.1) is 11.7 Å². The summed E-state index contributed by atoms with van der Waals surface area (Å²) >= 11 is 0. The van der Waals surface area contributed by atoms with Gasteiger partial charge in [-0.3, -0.25) is 0 Å². The first-order valence-electron chi connectivity index (χ1n) is 6.43. The van der Waals surface area contributed by atoms with Gasteiger partial charge in [0.2, 0.25) is 0 Å². The van der Waals surface area contributed by atoms with Crippen molar-refractivity contribution in [1.29, 1.82) is 0 Å². The van der Waals surface area contributed by atoms with Crippen molar-refractivity contribution in [3.8, 4) is 0 Å². The molecule has 0 saturated heterocycles. The van der Waals surface area contributed by atoms with E-state index in [0.717, 1.165) is 38.5 Å². The molecule has 0 heterocycles. The standard InChI is InChI=1S/C13H22O2/c1-12-5-2-6-13(15,8-12)10-4-3-9(10)11(14)7-12/h9-11,14-15H,2-8H2,1H3. The van der Waals surface area contributed by atoms with Crippen LogP contribution in [0.1, 0.15) is 51.9 Å². The van der Waals surface area contributed by atoms with Crippen LogP contribution >= 0.6 is 0 Å². The second-order valence-electron chi connectivity index (χ2n) is 6.56. The molecule has 2 N–H and O–H groups in total. The van der Waals surface area contributed by atoms with Crippen LogP contribution in [0, 0.1) is 17.3 Å². The smallest absolute Gasteiger partial charge is 0.0684 e. The molecule has 0 amide bonds. The third kappa shape index (κ3) is 1.38. The normalized spacial score (nSPS) is 59.0. The Morgan fingerprint density at radius 1 is 1.20 bits per heavy atom. The summed E-state index contributed by atoms with van der Waals surface area (Å²) < 4.78 is 0. The van der Waals surface area contributed by atoms with E-state index in [1.54, 1.807) is 0 Å². The minimum absolute atomic E-state index is 0.152. The van der Waals surface area contributed by atoms with Crippen LogP contribution in [0.4, 0.5) is 0 Å². The van der Waals surface area contributed by atoms with Crippen molar-refractivity contribution in [2.24, 2.45) is 17.3 Å². The van der Waals surface area contributed by atoms with E-state index in [2.05, 4.69) is 6.92 Å². The summed E-state index contributed by atoms with van der Waals surface area (Å²) in [4.78, 5) is 0. The molecular weight excluding hydrogens is 188 g/mol. The van der Waals surface area contributed by atoms with Crippen LogP contribution in [0.3, 0.4) is 0 Å². The van der Waals surface area contributed by atoms with E-state index in [1.807, 2.05) is 0 Å². The second kappa shape index (κ2) is 2.98. The molecule has 2 nitrogen and oxygen atoms in total. The fraction of sp³-hybridized carbons (Fsp3) is 1.00. The van der Waals surface area contributed by atoms with Gasteiger partial charge in [-0.15, -0.1) is 0 Å². The molecule has 0 aliphatic heterocycles. The van der Waals surface area contributed by atoms with Gasteiger partial charge in [-0.05, 0) is 55.8 Å². The Morgan fingerprint density at radius 3 is 2.67 bits per heavy atom. The van der Waals surface area contributed by atoms with Crippen LogP contribution in [0.15, 0.2) is 0 Å². The molecule has 5 atom stereocenters. The summed E-state index contributed by atoms with van der Waals surface area (Å²) in [5, 5.41) is 20.9. The fourth-order valence-corrected chi connectivity index (χ4v) is 4.54. The predicted octanol–water partition coefficient (Wildman–Crippen LogP) is 2.09. The van der Waals surface area contributed by atoms with Crippen molar-refractivity contribution in [1.82, 2.24) is 0 Å². The average molecular weight is 210 g/mol. The SMILES string of the molecule is CC12CCCC(O)(C1)C1CCC1C(O)C2. The summed E-state index contributed by atoms with van der Waals surface area (Å²) in [6, 6.07) is 0. The molecule has 2 heteroatoms. The van der Waals surface area contributed by atoms with Crippen molar-refractivity contribution in [3.63, 3.8) is 0 Å². The lowest BCUT2D eigenvalue weighted by molar-refractivity contribution is -0.124. The van der Waals surface area contributed by atoms with Crippen LogP contribution in [0.5, 0.6) is 0 Å². The third-order valence-electron chi connectivity index (χ3n) is 5.34. The van der Waals surface area contributed by atoms with Gasteiger partial charge in [0.15, 0.2) is 0 Å². The molecule has 3 saturated carbocycles. The van der Waals surface area contributed by atoms with Gasteiger partial charge in [0.25, 0.3) is 0 Å². The van der Waals surface area contributed by atoms with Crippen LogP contribution < -0.4 is 0 Å². The maximum absolute atomic E-state index is 10.7.